The number of carbonyl (C=O) groups is 1. The second kappa shape index (κ2) is 5.17. The summed E-state index contributed by atoms with van der Waals surface area (Å²) in [5.74, 6) is 0.366. The van der Waals surface area contributed by atoms with Gasteiger partial charge in [0.1, 0.15) is 0 Å². The Bertz CT molecular complexity index is 250. The number of nitrogens with one attached hydrogen (secondary N) is 1. The number of hydrogen-bond donors (Lipinski definition) is 1. The topological polar surface area (TPSA) is 32.3 Å². The van der Waals surface area contributed by atoms with Crippen molar-refractivity contribution in [3.63, 3.8) is 0 Å². The summed E-state index contributed by atoms with van der Waals surface area (Å²) in [6, 6.07) is 0.641. The molecule has 92 valence electrons. The molecule has 0 aromatic rings. The van der Waals surface area contributed by atoms with E-state index in [4.69, 9.17) is 0 Å². The Labute approximate surface area is 98.6 Å². The van der Waals surface area contributed by atoms with E-state index in [1.165, 1.54) is 25.7 Å². The van der Waals surface area contributed by atoms with Gasteiger partial charge in [-0.2, -0.15) is 0 Å². The molecule has 0 radical (unpaired) electrons. The monoisotopic (exact) mass is 224 g/mol. The zero-order valence-corrected chi connectivity index (χ0v) is 10.5. The Kier molecular flexibility index (Phi) is 3.85. The lowest BCUT2D eigenvalue weighted by Crippen LogP contribution is -2.47. The van der Waals surface area contributed by atoms with E-state index in [1.54, 1.807) is 0 Å². The summed E-state index contributed by atoms with van der Waals surface area (Å²) in [6.07, 6.45) is 8.39. The van der Waals surface area contributed by atoms with Crippen LogP contribution in [0.4, 0.5) is 0 Å². The fourth-order valence-electron chi connectivity index (χ4n) is 2.75. The van der Waals surface area contributed by atoms with E-state index >= 15 is 0 Å². The fourth-order valence-corrected chi connectivity index (χ4v) is 2.75. The SMILES string of the molecule is CCCCC1NC(CC)N(C2CCC2)C1=O. The number of hydrogen-bond acceptors (Lipinski definition) is 2. The highest BCUT2D eigenvalue weighted by Crippen LogP contribution is 2.30. The first-order valence-electron chi connectivity index (χ1n) is 6.86. The second-order valence-corrected chi connectivity index (χ2v) is 5.12. The molecule has 1 aliphatic carbocycles. The summed E-state index contributed by atoms with van der Waals surface area (Å²) >= 11 is 0. The predicted molar refractivity (Wildman–Crippen MR) is 65.0 cm³/mol. The molecule has 1 saturated carbocycles. The molecule has 2 fully saturated rings. The molecule has 16 heavy (non-hydrogen) atoms. The average Bonchev–Trinajstić information content (AvgIpc) is 2.52. The molecule has 1 amide bonds. The molecule has 3 nitrogen and oxygen atoms in total. The van der Waals surface area contributed by atoms with Crippen LogP contribution in [0.15, 0.2) is 0 Å². The minimum Gasteiger partial charge on any atom is -0.323 e. The summed E-state index contributed by atoms with van der Waals surface area (Å²) < 4.78 is 0. The van der Waals surface area contributed by atoms with E-state index in [0.717, 1.165) is 19.3 Å². The van der Waals surface area contributed by atoms with Crippen LogP contribution in [0, 0.1) is 0 Å². The highest BCUT2D eigenvalue weighted by atomic mass is 16.2. The first-order chi connectivity index (χ1) is 7.77. The van der Waals surface area contributed by atoms with Gasteiger partial charge in [0.2, 0.25) is 5.91 Å². The van der Waals surface area contributed by atoms with Crippen molar-refractivity contribution >= 4 is 5.91 Å². The predicted octanol–water partition coefficient (Wildman–Crippen LogP) is 2.27. The average molecular weight is 224 g/mol. The van der Waals surface area contributed by atoms with Crippen molar-refractivity contribution in [3.8, 4) is 0 Å². The third kappa shape index (κ3) is 2.10. The maximum absolute atomic E-state index is 12.3. The fraction of sp³-hybridized carbons (Fsp3) is 0.923. The number of nitrogens with zero attached hydrogens (tertiary/aromatic N) is 1. The molecular weight excluding hydrogens is 200 g/mol. The van der Waals surface area contributed by atoms with Gasteiger partial charge in [-0.1, -0.05) is 26.7 Å². The lowest BCUT2D eigenvalue weighted by atomic mass is 9.91. The van der Waals surface area contributed by atoms with Gasteiger partial charge in [0.05, 0.1) is 12.2 Å². The van der Waals surface area contributed by atoms with E-state index in [2.05, 4.69) is 24.1 Å². The van der Waals surface area contributed by atoms with Crippen molar-refractivity contribution < 1.29 is 4.79 Å². The molecule has 1 saturated heterocycles. The van der Waals surface area contributed by atoms with Crippen molar-refractivity contribution in [2.45, 2.75) is 77.0 Å². The van der Waals surface area contributed by atoms with Crippen molar-refractivity contribution in [2.75, 3.05) is 0 Å². The first kappa shape index (κ1) is 11.9. The second-order valence-electron chi connectivity index (χ2n) is 5.12. The highest BCUT2D eigenvalue weighted by Gasteiger charge is 2.42. The summed E-state index contributed by atoms with van der Waals surface area (Å²) in [6.45, 7) is 4.35. The van der Waals surface area contributed by atoms with Crippen LogP contribution in [0.1, 0.15) is 58.8 Å². The van der Waals surface area contributed by atoms with Crippen molar-refractivity contribution in [1.82, 2.24) is 10.2 Å². The van der Waals surface area contributed by atoms with Gasteiger partial charge in [0, 0.05) is 6.04 Å². The van der Waals surface area contributed by atoms with Crippen molar-refractivity contribution in [1.29, 1.82) is 0 Å². The maximum atomic E-state index is 12.3. The zero-order chi connectivity index (χ0) is 11.5. The Hall–Kier alpha value is -0.570. The third-order valence-electron chi connectivity index (χ3n) is 3.98. The number of carbonyl (C=O) groups excluding carboxylic acids is 1. The highest BCUT2D eigenvalue weighted by molar-refractivity contribution is 5.84. The third-order valence-corrected chi connectivity index (χ3v) is 3.98. The molecule has 2 rings (SSSR count). The molecular formula is C13H24N2O. The van der Waals surface area contributed by atoms with E-state index in [9.17, 15) is 4.79 Å². The summed E-state index contributed by atoms with van der Waals surface area (Å²) in [5.41, 5.74) is 0. The normalized spacial score (nSPS) is 30.9. The number of rotatable bonds is 5. The molecule has 1 aliphatic heterocycles. The van der Waals surface area contributed by atoms with Gasteiger partial charge >= 0.3 is 0 Å². The van der Waals surface area contributed by atoms with E-state index in [-0.39, 0.29) is 6.04 Å². The Balaban J connectivity index is 1.97. The zero-order valence-electron chi connectivity index (χ0n) is 10.5. The molecule has 0 spiro atoms. The van der Waals surface area contributed by atoms with Crippen LogP contribution in [0.3, 0.4) is 0 Å². The molecule has 2 unspecified atom stereocenters. The van der Waals surface area contributed by atoms with Crippen molar-refractivity contribution in [3.05, 3.63) is 0 Å². The Morgan fingerprint density at radius 2 is 2.12 bits per heavy atom. The molecule has 0 aromatic heterocycles. The van der Waals surface area contributed by atoms with Crippen LogP contribution >= 0.6 is 0 Å². The lowest BCUT2D eigenvalue weighted by molar-refractivity contribution is -0.134. The molecule has 2 atom stereocenters. The Morgan fingerprint density at radius 3 is 2.62 bits per heavy atom. The summed E-state index contributed by atoms with van der Waals surface area (Å²) in [7, 11) is 0. The quantitative estimate of drug-likeness (QED) is 0.777. The van der Waals surface area contributed by atoms with Gasteiger partial charge in [0.15, 0.2) is 0 Å². The minimum absolute atomic E-state index is 0.102. The molecule has 0 aromatic carbocycles. The van der Waals surface area contributed by atoms with Crippen LogP contribution < -0.4 is 5.32 Å². The smallest absolute Gasteiger partial charge is 0.241 e. The minimum atomic E-state index is 0.102. The molecule has 3 heteroatoms. The van der Waals surface area contributed by atoms with Gasteiger partial charge in [-0.25, -0.2) is 0 Å². The van der Waals surface area contributed by atoms with Crippen LogP contribution in [0.5, 0.6) is 0 Å². The van der Waals surface area contributed by atoms with E-state index in [0.29, 0.717) is 18.1 Å². The van der Waals surface area contributed by atoms with E-state index < -0.39 is 0 Å². The van der Waals surface area contributed by atoms with Crippen LogP contribution in [-0.2, 0) is 4.79 Å². The van der Waals surface area contributed by atoms with Crippen LogP contribution in [0.25, 0.3) is 0 Å². The van der Waals surface area contributed by atoms with Crippen LogP contribution in [-0.4, -0.2) is 29.1 Å². The van der Waals surface area contributed by atoms with Gasteiger partial charge in [-0.15, -0.1) is 0 Å². The maximum Gasteiger partial charge on any atom is 0.241 e. The van der Waals surface area contributed by atoms with Gasteiger partial charge in [0.25, 0.3) is 0 Å². The lowest BCUT2D eigenvalue weighted by Gasteiger charge is -2.38. The number of amides is 1. The first-order valence-corrected chi connectivity index (χ1v) is 6.86. The molecule has 1 N–H and O–H groups in total. The van der Waals surface area contributed by atoms with Crippen LogP contribution in [0.2, 0.25) is 0 Å². The van der Waals surface area contributed by atoms with Gasteiger partial charge in [-0.05, 0) is 32.1 Å². The molecule has 1 heterocycles. The number of unbranched alkanes of at least 4 members (excludes halogenated alkanes) is 1. The molecule has 0 bridgehead atoms. The Morgan fingerprint density at radius 1 is 1.38 bits per heavy atom. The molecule has 2 aliphatic rings. The van der Waals surface area contributed by atoms with Gasteiger partial charge < -0.3 is 4.90 Å². The largest absolute Gasteiger partial charge is 0.323 e. The summed E-state index contributed by atoms with van der Waals surface area (Å²) in [5, 5.41) is 3.50. The van der Waals surface area contributed by atoms with E-state index in [1.807, 2.05) is 0 Å². The van der Waals surface area contributed by atoms with Crippen molar-refractivity contribution in [2.24, 2.45) is 0 Å². The standard InChI is InChI=1S/C13H24N2O/c1-3-5-9-11-13(16)15(10-7-6-8-10)12(4-2)14-11/h10-12,14H,3-9H2,1-2H3. The van der Waals surface area contributed by atoms with Gasteiger partial charge in [-0.3, -0.25) is 10.1 Å². The summed E-state index contributed by atoms with van der Waals surface area (Å²) in [4.78, 5) is 14.4.